The summed E-state index contributed by atoms with van der Waals surface area (Å²) in [5.41, 5.74) is 1.67. The molecule has 1 N–H and O–H groups in total. The molecule has 0 aliphatic carbocycles. The van der Waals surface area contributed by atoms with E-state index in [0.717, 1.165) is 0 Å². The number of nitrogens with one attached hydrogen (secondary N) is 1. The lowest BCUT2D eigenvalue weighted by atomic mass is 10.1. The van der Waals surface area contributed by atoms with Crippen LogP contribution in [0, 0.1) is 13.8 Å². The van der Waals surface area contributed by atoms with Gasteiger partial charge in [0, 0.05) is 12.4 Å². The Balaban J connectivity index is 2.17. The molecule has 0 spiro atoms. The van der Waals surface area contributed by atoms with Gasteiger partial charge in [-0.3, -0.25) is 9.48 Å². The number of carbonyl (C=O) groups excluding carboxylic acids is 1. The van der Waals surface area contributed by atoms with E-state index in [4.69, 9.17) is 0 Å². The maximum atomic E-state index is 12.2. The maximum absolute atomic E-state index is 12.2. The predicted molar refractivity (Wildman–Crippen MR) is 76.7 cm³/mol. The molecule has 0 aliphatic rings. The van der Waals surface area contributed by atoms with E-state index >= 15 is 0 Å². The Kier molecular flexibility index (Phi) is 3.57. The summed E-state index contributed by atoms with van der Waals surface area (Å²) in [4.78, 5) is 20.4. The van der Waals surface area contributed by atoms with Crippen LogP contribution in [0.3, 0.4) is 0 Å². The lowest BCUT2D eigenvalue weighted by Crippen LogP contribution is -2.22. The van der Waals surface area contributed by atoms with Gasteiger partial charge in [0.2, 0.25) is 0 Å². The minimum atomic E-state index is -0.226. The van der Waals surface area contributed by atoms with Crippen LogP contribution in [-0.4, -0.2) is 25.7 Å². The molecule has 20 heavy (non-hydrogen) atoms. The maximum Gasteiger partial charge on any atom is 0.259 e. The van der Waals surface area contributed by atoms with Gasteiger partial charge in [-0.25, -0.2) is 9.97 Å². The van der Waals surface area contributed by atoms with Crippen molar-refractivity contribution in [3.8, 4) is 0 Å². The molecule has 0 fully saturated rings. The van der Waals surface area contributed by atoms with E-state index in [1.54, 1.807) is 30.9 Å². The highest BCUT2D eigenvalue weighted by Crippen LogP contribution is 2.16. The number of nitrogens with zero attached hydrogens (tertiary/aromatic N) is 4. The minimum Gasteiger partial charge on any atom is -0.319 e. The zero-order valence-electron chi connectivity index (χ0n) is 12.4. The van der Waals surface area contributed by atoms with Gasteiger partial charge in [0.25, 0.3) is 5.91 Å². The van der Waals surface area contributed by atoms with E-state index < -0.39 is 0 Å². The predicted octanol–water partition coefficient (Wildman–Crippen LogP) is 2.30. The average molecular weight is 273 g/mol. The molecule has 0 atom stereocenters. The lowest BCUT2D eigenvalue weighted by molar-refractivity contribution is 0.102. The quantitative estimate of drug-likeness (QED) is 0.911. The van der Waals surface area contributed by atoms with Gasteiger partial charge in [-0.1, -0.05) is 0 Å². The van der Waals surface area contributed by atoms with Crippen molar-refractivity contribution in [2.24, 2.45) is 0 Å². The second-order valence-corrected chi connectivity index (χ2v) is 5.71. The molecule has 0 aliphatic heterocycles. The smallest absolute Gasteiger partial charge is 0.259 e. The van der Waals surface area contributed by atoms with E-state index in [1.165, 1.54) is 0 Å². The Bertz CT molecular complexity index is 639. The molecule has 0 unspecified atom stereocenters. The lowest BCUT2D eigenvalue weighted by Gasteiger charge is -2.18. The van der Waals surface area contributed by atoms with Gasteiger partial charge in [-0.05, 0) is 34.6 Å². The fourth-order valence-electron chi connectivity index (χ4n) is 1.76. The van der Waals surface area contributed by atoms with Gasteiger partial charge in [0.15, 0.2) is 0 Å². The number of rotatable bonds is 2. The normalized spacial score (nSPS) is 11.4. The first kappa shape index (κ1) is 14.2. The molecule has 0 saturated heterocycles. The van der Waals surface area contributed by atoms with Crippen molar-refractivity contribution in [2.75, 3.05) is 5.32 Å². The highest BCUT2D eigenvalue weighted by molar-refractivity contribution is 6.04. The third kappa shape index (κ3) is 3.01. The second kappa shape index (κ2) is 5.03. The van der Waals surface area contributed by atoms with Crippen molar-refractivity contribution in [3.05, 3.63) is 35.7 Å². The molecule has 1 amide bonds. The molecule has 2 heterocycles. The van der Waals surface area contributed by atoms with Crippen LogP contribution in [-0.2, 0) is 5.54 Å². The summed E-state index contributed by atoms with van der Waals surface area (Å²) in [5.74, 6) is 0.426. The molecule has 2 rings (SSSR count). The first-order chi connectivity index (χ1) is 9.27. The van der Waals surface area contributed by atoms with Crippen molar-refractivity contribution in [1.29, 1.82) is 0 Å². The number of hydrogen-bond acceptors (Lipinski definition) is 4. The zero-order chi connectivity index (χ0) is 14.9. The summed E-state index contributed by atoms with van der Waals surface area (Å²) in [6, 6.07) is 0. The third-order valence-corrected chi connectivity index (χ3v) is 2.87. The summed E-state index contributed by atoms with van der Waals surface area (Å²) in [7, 11) is 0. The molecule has 0 saturated carbocycles. The van der Waals surface area contributed by atoms with Crippen LogP contribution in [0.4, 0.5) is 5.69 Å². The number of aromatic nitrogens is 4. The van der Waals surface area contributed by atoms with Gasteiger partial charge in [0.1, 0.15) is 5.82 Å². The number of aryl methyl sites for hydroxylation is 2. The van der Waals surface area contributed by atoms with Crippen molar-refractivity contribution < 1.29 is 4.79 Å². The van der Waals surface area contributed by atoms with Crippen molar-refractivity contribution in [3.63, 3.8) is 0 Å². The van der Waals surface area contributed by atoms with Gasteiger partial charge in [0.05, 0.1) is 28.7 Å². The monoisotopic (exact) mass is 273 g/mol. The van der Waals surface area contributed by atoms with E-state index in [9.17, 15) is 4.79 Å². The van der Waals surface area contributed by atoms with Gasteiger partial charge < -0.3 is 5.32 Å². The summed E-state index contributed by atoms with van der Waals surface area (Å²) in [5, 5.41) is 7.05. The zero-order valence-corrected chi connectivity index (χ0v) is 12.4. The average Bonchev–Trinajstić information content (AvgIpc) is 2.76. The SMILES string of the molecule is Cc1ncc(C(=O)Nc2cnn(C(C)(C)C)c2)c(C)n1. The van der Waals surface area contributed by atoms with E-state index in [2.05, 4.69) is 20.4 Å². The highest BCUT2D eigenvalue weighted by Gasteiger charge is 2.16. The second-order valence-electron chi connectivity index (χ2n) is 5.71. The van der Waals surface area contributed by atoms with Crippen LogP contribution < -0.4 is 5.32 Å². The number of anilines is 1. The number of amides is 1. The third-order valence-electron chi connectivity index (χ3n) is 2.87. The van der Waals surface area contributed by atoms with Crippen LogP contribution >= 0.6 is 0 Å². The fourth-order valence-corrected chi connectivity index (χ4v) is 1.76. The van der Waals surface area contributed by atoms with Crippen molar-refractivity contribution in [1.82, 2.24) is 19.7 Å². The summed E-state index contributed by atoms with van der Waals surface area (Å²) >= 11 is 0. The topological polar surface area (TPSA) is 72.7 Å². The molecule has 6 nitrogen and oxygen atoms in total. The van der Waals surface area contributed by atoms with Crippen LogP contribution in [0.2, 0.25) is 0 Å². The highest BCUT2D eigenvalue weighted by atomic mass is 16.1. The molecule has 2 aromatic rings. The Morgan fingerprint density at radius 1 is 1.25 bits per heavy atom. The standard InChI is InChI=1S/C14H19N5O/c1-9-12(7-15-10(2)17-9)13(20)18-11-6-16-19(8-11)14(3,4)5/h6-8H,1-5H3,(H,18,20). The van der Waals surface area contributed by atoms with Gasteiger partial charge >= 0.3 is 0 Å². The minimum absolute atomic E-state index is 0.119. The Morgan fingerprint density at radius 2 is 1.95 bits per heavy atom. The van der Waals surface area contributed by atoms with Crippen LogP contribution in [0.5, 0.6) is 0 Å². The fraction of sp³-hybridized carbons (Fsp3) is 0.429. The first-order valence-corrected chi connectivity index (χ1v) is 6.44. The van der Waals surface area contributed by atoms with Gasteiger partial charge in [-0.15, -0.1) is 0 Å². The molecule has 0 bridgehead atoms. The molecule has 2 aromatic heterocycles. The van der Waals surface area contributed by atoms with Crippen LogP contribution in [0.1, 0.15) is 42.6 Å². The van der Waals surface area contributed by atoms with E-state index in [-0.39, 0.29) is 11.4 Å². The Labute approximate surface area is 118 Å². The summed E-state index contributed by atoms with van der Waals surface area (Å²) in [6.45, 7) is 9.72. The molecule has 106 valence electrons. The first-order valence-electron chi connectivity index (χ1n) is 6.44. The molecule has 0 aromatic carbocycles. The van der Waals surface area contributed by atoms with Gasteiger partial charge in [-0.2, -0.15) is 5.10 Å². The Morgan fingerprint density at radius 3 is 2.50 bits per heavy atom. The van der Waals surface area contributed by atoms with E-state index in [0.29, 0.717) is 22.8 Å². The number of carbonyl (C=O) groups is 1. The number of hydrogen-bond donors (Lipinski definition) is 1. The van der Waals surface area contributed by atoms with Crippen LogP contribution in [0.15, 0.2) is 18.6 Å². The molecular formula is C14H19N5O. The molecule has 6 heteroatoms. The summed E-state index contributed by atoms with van der Waals surface area (Å²) < 4.78 is 1.81. The molecule has 0 radical (unpaired) electrons. The van der Waals surface area contributed by atoms with Crippen molar-refractivity contribution >= 4 is 11.6 Å². The van der Waals surface area contributed by atoms with Crippen LogP contribution in [0.25, 0.3) is 0 Å². The molecular weight excluding hydrogens is 254 g/mol. The largest absolute Gasteiger partial charge is 0.319 e. The van der Waals surface area contributed by atoms with Crippen molar-refractivity contribution in [2.45, 2.75) is 40.2 Å². The van der Waals surface area contributed by atoms with E-state index in [1.807, 2.05) is 27.0 Å². The Hall–Kier alpha value is -2.24. The summed E-state index contributed by atoms with van der Waals surface area (Å²) in [6.07, 6.45) is 4.98.